The van der Waals surface area contributed by atoms with Gasteiger partial charge < -0.3 is 10.2 Å². The Hall–Kier alpha value is -1.81. The maximum absolute atomic E-state index is 10.9. The predicted octanol–water partition coefficient (Wildman–Crippen LogP) is 1.09. The van der Waals surface area contributed by atoms with Crippen molar-refractivity contribution in [2.45, 2.75) is 0 Å². The largest absolute Gasteiger partial charge is 0.417 e. The molecule has 0 saturated carbocycles. The van der Waals surface area contributed by atoms with Gasteiger partial charge >= 0.3 is 5.76 Å². The summed E-state index contributed by atoms with van der Waals surface area (Å²) in [5.74, 6) is -0.436. The van der Waals surface area contributed by atoms with Crippen LogP contribution in [0.4, 0.5) is 0 Å². The minimum Gasteiger partial charge on any atom is -0.408 e. The number of nitrogens with two attached hydrogens (primary N) is 1. The summed E-state index contributed by atoms with van der Waals surface area (Å²) in [5, 5.41) is 0. The van der Waals surface area contributed by atoms with E-state index in [0.717, 1.165) is 5.56 Å². The van der Waals surface area contributed by atoms with Gasteiger partial charge in [-0.3, -0.25) is 4.98 Å². The highest BCUT2D eigenvalue weighted by Crippen LogP contribution is 2.15. The molecule has 0 fully saturated rings. The number of benzene rings is 1. The summed E-state index contributed by atoms with van der Waals surface area (Å²) in [6.07, 6.45) is 3.67. The van der Waals surface area contributed by atoms with Crippen molar-refractivity contribution in [3.8, 4) is 0 Å². The number of fused-ring (bicyclic) bond motifs is 1. The molecule has 0 saturated heterocycles. The third kappa shape index (κ3) is 1.47. The number of aromatic nitrogens is 1. The lowest BCUT2D eigenvalue weighted by Gasteiger charge is -1.93. The van der Waals surface area contributed by atoms with E-state index in [1.54, 1.807) is 6.07 Å². The van der Waals surface area contributed by atoms with Gasteiger partial charge in [-0.2, -0.15) is 0 Å². The first-order valence-corrected chi connectivity index (χ1v) is 4.29. The fourth-order valence-corrected chi connectivity index (χ4v) is 1.33. The topological polar surface area (TPSA) is 72.0 Å². The van der Waals surface area contributed by atoms with E-state index in [-0.39, 0.29) is 0 Å². The smallest absolute Gasteiger partial charge is 0.408 e. The molecule has 4 heteroatoms. The second-order valence-electron chi connectivity index (χ2n) is 2.87. The molecule has 1 aromatic carbocycles. The second-order valence-corrected chi connectivity index (χ2v) is 2.87. The molecule has 1 heterocycles. The van der Waals surface area contributed by atoms with Gasteiger partial charge in [0, 0.05) is 12.1 Å². The van der Waals surface area contributed by atoms with Crippen molar-refractivity contribution in [2.24, 2.45) is 5.73 Å². The Labute approximate surface area is 80.0 Å². The molecule has 0 spiro atoms. The van der Waals surface area contributed by atoms with E-state index in [4.69, 9.17) is 10.2 Å². The summed E-state index contributed by atoms with van der Waals surface area (Å²) in [4.78, 5) is 13.6. The number of aromatic amines is 1. The molecule has 0 unspecified atom stereocenters. The van der Waals surface area contributed by atoms with E-state index in [2.05, 4.69) is 4.98 Å². The van der Waals surface area contributed by atoms with Gasteiger partial charge in [0.25, 0.3) is 0 Å². The fourth-order valence-electron chi connectivity index (χ4n) is 1.33. The number of nitrogens with one attached hydrogen (secondary N) is 1. The zero-order valence-corrected chi connectivity index (χ0v) is 7.49. The Kier molecular flexibility index (Phi) is 2.20. The highest BCUT2D eigenvalue weighted by atomic mass is 16.4. The van der Waals surface area contributed by atoms with E-state index in [9.17, 15) is 4.79 Å². The van der Waals surface area contributed by atoms with Gasteiger partial charge in [-0.1, -0.05) is 24.3 Å². The summed E-state index contributed by atoms with van der Waals surface area (Å²) >= 11 is 0. The molecule has 0 aliphatic carbocycles. The molecule has 2 aromatic rings. The van der Waals surface area contributed by atoms with Gasteiger partial charge in [0.05, 0.1) is 5.52 Å². The van der Waals surface area contributed by atoms with Crippen molar-refractivity contribution in [1.82, 2.24) is 4.98 Å². The summed E-state index contributed by atoms with van der Waals surface area (Å²) < 4.78 is 4.91. The summed E-state index contributed by atoms with van der Waals surface area (Å²) in [6, 6.07) is 5.46. The van der Waals surface area contributed by atoms with Crippen LogP contribution in [0.25, 0.3) is 17.2 Å². The number of hydrogen-bond acceptors (Lipinski definition) is 3. The quantitative estimate of drug-likeness (QED) is 0.744. The van der Waals surface area contributed by atoms with Crippen molar-refractivity contribution in [2.75, 3.05) is 6.54 Å². The Morgan fingerprint density at radius 3 is 3.14 bits per heavy atom. The Balaban J connectivity index is 2.64. The number of H-pyrrole nitrogens is 1. The molecule has 0 aliphatic heterocycles. The molecule has 0 amide bonds. The van der Waals surface area contributed by atoms with Crippen LogP contribution in [0, 0.1) is 0 Å². The minimum atomic E-state index is -0.436. The van der Waals surface area contributed by atoms with Crippen LogP contribution >= 0.6 is 0 Å². The first-order chi connectivity index (χ1) is 6.81. The zero-order valence-electron chi connectivity index (χ0n) is 7.49. The Bertz CT molecular complexity index is 522. The average Bonchev–Trinajstić information content (AvgIpc) is 2.55. The predicted molar refractivity (Wildman–Crippen MR) is 54.9 cm³/mol. The first-order valence-electron chi connectivity index (χ1n) is 4.29. The van der Waals surface area contributed by atoms with Crippen molar-refractivity contribution < 1.29 is 4.42 Å². The molecule has 2 rings (SSSR count). The maximum Gasteiger partial charge on any atom is 0.417 e. The van der Waals surface area contributed by atoms with Crippen LogP contribution in [-0.4, -0.2) is 11.5 Å². The molecule has 3 N–H and O–H groups in total. The van der Waals surface area contributed by atoms with Crippen LogP contribution < -0.4 is 11.5 Å². The number of oxazole rings is 1. The second kappa shape index (κ2) is 3.51. The van der Waals surface area contributed by atoms with Gasteiger partial charge in [0.1, 0.15) is 0 Å². The van der Waals surface area contributed by atoms with E-state index in [0.29, 0.717) is 17.6 Å². The maximum atomic E-state index is 10.9. The van der Waals surface area contributed by atoms with Crippen LogP contribution in [0.1, 0.15) is 5.56 Å². The molecule has 0 aliphatic rings. The third-order valence-electron chi connectivity index (χ3n) is 1.92. The van der Waals surface area contributed by atoms with Crippen molar-refractivity contribution in [3.63, 3.8) is 0 Å². The summed E-state index contributed by atoms with van der Waals surface area (Å²) in [7, 11) is 0. The lowest BCUT2D eigenvalue weighted by atomic mass is 10.2. The molecule has 72 valence electrons. The molecular weight excluding hydrogens is 180 g/mol. The molecule has 0 bridgehead atoms. The standard InChI is InChI=1S/C10H10N2O2/c11-6-2-4-7-3-1-5-8-9(7)12-10(13)14-8/h1-5H,6,11H2,(H,12,13)/b4-2+. The van der Waals surface area contributed by atoms with E-state index in [1.807, 2.05) is 24.3 Å². The molecule has 14 heavy (non-hydrogen) atoms. The molecule has 0 atom stereocenters. The number of hydrogen-bond donors (Lipinski definition) is 2. The molecule has 0 radical (unpaired) electrons. The highest BCUT2D eigenvalue weighted by Gasteiger charge is 2.02. The lowest BCUT2D eigenvalue weighted by molar-refractivity contribution is 0.555. The van der Waals surface area contributed by atoms with E-state index >= 15 is 0 Å². The zero-order chi connectivity index (χ0) is 9.97. The van der Waals surface area contributed by atoms with Crippen LogP contribution in [0.2, 0.25) is 0 Å². The van der Waals surface area contributed by atoms with Crippen molar-refractivity contribution >= 4 is 17.2 Å². The summed E-state index contributed by atoms with van der Waals surface area (Å²) in [6.45, 7) is 0.471. The summed E-state index contributed by atoms with van der Waals surface area (Å²) in [5.41, 5.74) is 7.52. The monoisotopic (exact) mass is 190 g/mol. The lowest BCUT2D eigenvalue weighted by Crippen LogP contribution is -1.94. The van der Waals surface area contributed by atoms with Gasteiger partial charge in [-0.15, -0.1) is 0 Å². The number of para-hydroxylation sites is 1. The van der Waals surface area contributed by atoms with Gasteiger partial charge in [0.2, 0.25) is 0 Å². The fraction of sp³-hybridized carbons (Fsp3) is 0.100. The Morgan fingerprint density at radius 1 is 1.50 bits per heavy atom. The van der Waals surface area contributed by atoms with E-state index in [1.165, 1.54) is 0 Å². The van der Waals surface area contributed by atoms with Gasteiger partial charge in [-0.05, 0) is 6.07 Å². The highest BCUT2D eigenvalue weighted by molar-refractivity contribution is 5.82. The Morgan fingerprint density at radius 2 is 2.36 bits per heavy atom. The van der Waals surface area contributed by atoms with E-state index < -0.39 is 5.76 Å². The van der Waals surface area contributed by atoms with Crippen LogP contribution in [0.3, 0.4) is 0 Å². The van der Waals surface area contributed by atoms with Gasteiger partial charge in [-0.25, -0.2) is 4.79 Å². The third-order valence-corrected chi connectivity index (χ3v) is 1.92. The van der Waals surface area contributed by atoms with Crippen LogP contribution in [-0.2, 0) is 0 Å². The van der Waals surface area contributed by atoms with Gasteiger partial charge in [0.15, 0.2) is 5.58 Å². The molecule has 4 nitrogen and oxygen atoms in total. The molecular formula is C10H10N2O2. The van der Waals surface area contributed by atoms with Crippen LogP contribution in [0.5, 0.6) is 0 Å². The number of rotatable bonds is 2. The molecule has 1 aromatic heterocycles. The van der Waals surface area contributed by atoms with Crippen molar-refractivity contribution in [1.29, 1.82) is 0 Å². The van der Waals surface area contributed by atoms with Crippen molar-refractivity contribution in [3.05, 3.63) is 40.4 Å². The normalized spacial score (nSPS) is 11.5. The average molecular weight is 190 g/mol. The minimum absolute atomic E-state index is 0.436. The van der Waals surface area contributed by atoms with Crippen LogP contribution in [0.15, 0.2) is 33.5 Å². The first kappa shape index (κ1) is 8.77. The SMILES string of the molecule is NC/C=C/c1cccc2oc(=O)[nH]c12.